The van der Waals surface area contributed by atoms with Crippen LogP contribution in [0.15, 0.2) is 42.5 Å². The summed E-state index contributed by atoms with van der Waals surface area (Å²) in [5.74, 6) is -2.20. The minimum Gasteiger partial charge on any atom is -0.465 e. The Morgan fingerprint density at radius 3 is 2.15 bits per heavy atom. The fourth-order valence-electron chi connectivity index (χ4n) is 5.36. The molecule has 0 spiro atoms. The van der Waals surface area contributed by atoms with Crippen LogP contribution in [0.4, 0.5) is 28.2 Å². The van der Waals surface area contributed by atoms with E-state index in [0.717, 1.165) is 24.2 Å². The second-order valence-corrected chi connectivity index (χ2v) is 26.5. The van der Waals surface area contributed by atoms with Crippen LogP contribution in [0.25, 0.3) is 22.2 Å². The molecule has 0 unspecified atom stereocenters. The molecule has 0 atom stereocenters. The minimum absolute atomic E-state index is 0.00679. The highest BCUT2D eigenvalue weighted by molar-refractivity contribution is 6.76. The van der Waals surface area contributed by atoms with Crippen molar-refractivity contribution in [3.8, 4) is 17.0 Å². The number of ether oxygens (including phenoxy) is 3. The summed E-state index contributed by atoms with van der Waals surface area (Å²) >= 11 is 0. The molecule has 0 saturated heterocycles. The van der Waals surface area contributed by atoms with Gasteiger partial charge < -0.3 is 35.7 Å². The number of pyridine rings is 1. The molecule has 0 aliphatic carbocycles. The van der Waals surface area contributed by atoms with Crippen molar-refractivity contribution in [1.29, 1.82) is 0 Å². The number of nitrogens with two attached hydrogens (primary N) is 1. The van der Waals surface area contributed by atoms with E-state index in [-0.39, 0.29) is 65.8 Å². The molecule has 2 aromatic carbocycles. The third-order valence-corrected chi connectivity index (χ3v) is 11.7. The van der Waals surface area contributed by atoms with Gasteiger partial charge in [-0.3, -0.25) is 4.79 Å². The van der Waals surface area contributed by atoms with Gasteiger partial charge in [0.05, 0.1) is 23.0 Å². The molecule has 2 amide bonds. The van der Waals surface area contributed by atoms with Crippen LogP contribution in [0.1, 0.15) is 27.2 Å². The second-order valence-electron chi connectivity index (χ2n) is 15.3. The standard InChI is InChI=1S/C36H48F4N6O6Si2/c1-53(2,3)13-11-50-21-46-29-17-28(26-16-27(37)30(15-25(26)18-36(38,39)40)52-22-51-12-14-54(4,5)6)44-34(31(29)32(45-46)33(41)47)42-19-23-9-7-8-10-24(23)20-43-35(48)49/h7-10,15-17,43H,11-14,18-22H2,1-6H3,(H2,41,47)(H,42,44)(H,48,49). The van der Waals surface area contributed by atoms with Crippen LogP contribution in [-0.2, 0) is 35.7 Å². The van der Waals surface area contributed by atoms with Gasteiger partial charge in [-0.05, 0) is 47.0 Å². The number of hydrogen-bond acceptors (Lipinski definition) is 8. The maximum atomic E-state index is 15.7. The Morgan fingerprint density at radius 2 is 1.56 bits per heavy atom. The van der Waals surface area contributed by atoms with E-state index < -0.39 is 52.3 Å². The first-order chi connectivity index (χ1) is 25.2. The number of hydrogen-bond donors (Lipinski definition) is 4. The molecule has 4 rings (SSSR count). The number of carboxylic acid groups (broad SMARTS) is 1. The van der Waals surface area contributed by atoms with Crippen molar-refractivity contribution in [3.05, 3.63) is 70.7 Å². The molecule has 0 aliphatic heterocycles. The summed E-state index contributed by atoms with van der Waals surface area (Å²) < 4.78 is 76.0. The topological polar surface area (TPSA) is 163 Å². The van der Waals surface area contributed by atoms with E-state index in [9.17, 15) is 22.8 Å². The number of carbonyl (C=O) groups is 2. The number of aromatic nitrogens is 3. The zero-order valence-corrected chi connectivity index (χ0v) is 33.3. The number of alkyl halides is 3. The van der Waals surface area contributed by atoms with Gasteiger partial charge >= 0.3 is 12.3 Å². The van der Waals surface area contributed by atoms with Crippen LogP contribution in [-0.4, -0.2) is 74.2 Å². The maximum absolute atomic E-state index is 15.7. The molecule has 2 aromatic heterocycles. The van der Waals surface area contributed by atoms with Gasteiger partial charge in [-0.15, -0.1) is 0 Å². The fourth-order valence-corrected chi connectivity index (χ4v) is 6.87. The molecule has 18 heteroatoms. The van der Waals surface area contributed by atoms with Crippen LogP contribution in [0.2, 0.25) is 51.4 Å². The zero-order chi connectivity index (χ0) is 39.8. The number of halogens is 4. The molecule has 5 N–H and O–H groups in total. The Hall–Kier alpha value is -4.53. The largest absolute Gasteiger partial charge is 0.465 e. The van der Waals surface area contributed by atoms with Crippen molar-refractivity contribution in [1.82, 2.24) is 20.1 Å². The molecule has 0 bridgehead atoms. The van der Waals surface area contributed by atoms with Crippen LogP contribution in [0.5, 0.6) is 5.75 Å². The number of nitrogens with zero attached hydrogens (tertiary/aromatic N) is 3. The zero-order valence-electron chi connectivity index (χ0n) is 31.3. The van der Waals surface area contributed by atoms with Crippen LogP contribution < -0.4 is 21.1 Å². The van der Waals surface area contributed by atoms with Gasteiger partial charge in [-0.25, -0.2) is 18.9 Å². The third-order valence-electron chi connectivity index (χ3n) is 8.29. The third kappa shape index (κ3) is 12.5. The van der Waals surface area contributed by atoms with Gasteiger partial charge in [0.1, 0.15) is 12.5 Å². The predicted octanol–water partition coefficient (Wildman–Crippen LogP) is 7.82. The number of fused-ring (bicyclic) bond motifs is 1. The van der Waals surface area contributed by atoms with Crippen molar-refractivity contribution in [2.24, 2.45) is 5.73 Å². The number of amides is 2. The Bertz CT molecular complexity index is 1950. The molecule has 54 heavy (non-hydrogen) atoms. The molecule has 0 radical (unpaired) electrons. The lowest BCUT2D eigenvalue weighted by Gasteiger charge is -2.18. The summed E-state index contributed by atoms with van der Waals surface area (Å²) in [6.45, 7) is 13.4. The number of primary amides is 1. The van der Waals surface area contributed by atoms with E-state index >= 15 is 4.39 Å². The lowest BCUT2D eigenvalue weighted by Crippen LogP contribution is -2.22. The number of anilines is 1. The quantitative estimate of drug-likeness (QED) is 0.0321. The summed E-state index contributed by atoms with van der Waals surface area (Å²) in [5, 5.41) is 19.2. The predicted molar refractivity (Wildman–Crippen MR) is 204 cm³/mol. The number of nitrogens with one attached hydrogen (secondary N) is 2. The summed E-state index contributed by atoms with van der Waals surface area (Å²) in [6.07, 6.45) is -7.32. The molecular weight excluding hydrogens is 745 g/mol. The lowest BCUT2D eigenvalue weighted by atomic mass is 9.99. The van der Waals surface area contributed by atoms with Crippen LogP contribution in [0, 0.1) is 5.82 Å². The van der Waals surface area contributed by atoms with E-state index in [1.165, 1.54) is 10.7 Å². The van der Waals surface area contributed by atoms with Crippen molar-refractivity contribution in [2.75, 3.05) is 25.3 Å². The SMILES string of the molecule is C[Si](C)(C)CCOCOc1cc(CC(F)(F)F)c(-c2cc3c(c(NCc4ccccc4CNC(=O)O)n2)c(C(N)=O)nn3COCC[Si](C)(C)C)cc1F. The van der Waals surface area contributed by atoms with Gasteiger partial charge in [-0.1, -0.05) is 63.5 Å². The molecule has 294 valence electrons. The highest BCUT2D eigenvalue weighted by Gasteiger charge is 2.31. The van der Waals surface area contributed by atoms with Crippen molar-refractivity contribution >= 4 is 44.9 Å². The highest BCUT2D eigenvalue weighted by Crippen LogP contribution is 2.37. The average Bonchev–Trinajstić information content (AvgIpc) is 3.43. The summed E-state index contributed by atoms with van der Waals surface area (Å²) in [7, 11) is -2.89. The van der Waals surface area contributed by atoms with Crippen LogP contribution >= 0.6 is 0 Å². The fraction of sp³-hybridized carbons (Fsp3) is 0.444. The molecule has 0 aliphatic rings. The summed E-state index contributed by atoms with van der Waals surface area (Å²) in [4.78, 5) is 28.6. The van der Waals surface area contributed by atoms with E-state index in [2.05, 4.69) is 60.0 Å². The molecule has 2 heterocycles. The first-order valence-electron chi connectivity index (χ1n) is 17.4. The van der Waals surface area contributed by atoms with Crippen LogP contribution in [0.3, 0.4) is 0 Å². The number of carbonyl (C=O) groups excluding carboxylic acids is 1. The molecule has 0 saturated carbocycles. The summed E-state index contributed by atoms with van der Waals surface area (Å²) in [6, 6.07) is 12.0. The van der Waals surface area contributed by atoms with Crippen molar-refractivity contribution < 1.29 is 46.5 Å². The Labute approximate surface area is 313 Å². The molecule has 0 fully saturated rings. The van der Waals surface area contributed by atoms with Crippen molar-refractivity contribution in [3.63, 3.8) is 0 Å². The van der Waals surface area contributed by atoms with Gasteiger partial charge in [0.15, 0.2) is 24.1 Å². The maximum Gasteiger partial charge on any atom is 0.404 e. The second kappa shape index (κ2) is 17.7. The van der Waals surface area contributed by atoms with E-state index in [0.29, 0.717) is 24.3 Å². The average molecular weight is 793 g/mol. The first-order valence-corrected chi connectivity index (χ1v) is 24.8. The van der Waals surface area contributed by atoms with E-state index in [4.69, 9.17) is 25.1 Å². The number of benzene rings is 2. The van der Waals surface area contributed by atoms with E-state index in [1.54, 1.807) is 24.3 Å². The highest BCUT2D eigenvalue weighted by atomic mass is 28.3. The Balaban J connectivity index is 1.83. The first kappa shape index (κ1) is 42.2. The van der Waals surface area contributed by atoms with Gasteiger partial charge in [-0.2, -0.15) is 18.3 Å². The lowest BCUT2D eigenvalue weighted by molar-refractivity contribution is -0.127. The molecule has 12 nitrogen and oxygen atoms in total. The smallest absolute Gasteiger partial charge is 0.404 e. The Morgan fingerprint density at radius 1 is 0.926 bits per heavy atom. The normalized spacial score (nSPS) is 12.3. The minimum atomic E-state index is -4.68. The molecular formula is C36H48F4N6O6Si2. The number of rotatable bonds is 19. The monoisotopic (exact) mass is 792 g/mol. The van der Waals surface area contributed by atoms with E-state index in [1.807, 2.05) is 0 Å². The van der Waals surface area contributed by atoms with Gasteiger partial charge in [0.2, 0.25) is 0 Å². The molecule has 4 aromatic rings. The Kier molecular flexibility index (Phi) is 13.9. The van der Waals surface area contributed by atoms with Gasteiger partial charge in [0, 0.05) is 48.0 Å². The summed E-state index contributed by atoms with van der Waals surface area (Å²) in [5.41, 5.74) is 6.61. The van der Waals surface area contributed by atoms with Crippen molar-refractivity contribution in [2.45, 2.75) is 83.8 Å². The van der Waals surface area contributed by atoms with Gasteiger partial charge in [0.25, 0.3) is 5.91 Å².